The van der Waals surface area contributed by atoms with Crippen molar-refractivity contribution in [1.29, 1.82) is 0 Å². The highest BCUT2D eigenvalue weighted by Gasteiger charge is 2.51. The molecule has 2 aliphatic rings. The molecule has 4 rings (SSSR count). The second kappa shape index (κ2) is 6.68. The second-order valence-corrected chi connectivity index (χ2v) is 8.19. The van der Waals surface area contributed by atoms with E-state index in [4.69, 9.17) is 23.2 Å². The molecule has 0 aliphatic heterocycles. The van der Waals surface area contributed by atoms with Gasteiger partial charge in [-0.1, -0.05) is 35.4 Å². The summed E-state index contributed by atoms with van der Waals surface area (Å²) in [5.74, 6) is -2.53. The van der Waals surface area contributed by atoms with E-state index in [1.54, 1.807) is 23.6 Å². The standard InChI is InChI=1S/C18H14Cl2N2O3S/c19-10-3-4-11(12(20)6-10)13-7-26-18(21-13)22-16(23)14-8-1-2-9(5-8)15(14)17(24)25/h1-4,6-9,14-15H,5H2,(H,24,25)(H,21,22,23)/t8-,9+,14+,15+/m0/s1. The number of anilines is 1. The number of aromatic nitrogens is 1. The van der Waals surface area contributed by atoms with Gasteiger partial charge < -0.3 is 10.4 Å². The van der Waals surface area contributed by atoms with Gasteiger partial charge in [0, 0.05) is 16.0 Å². The van der Waals surface area contributed by atoms with E-state index in [-0.39, 0.29) is 17.7 Å². The van der Waals surface area contributed by atoms with Crippen LogP contribution in [0.1, 0.15) is 6.42 Å². The van der Waals surface area contributed by atoms with Crippen LogP contribution in [0, 0.1) is 23.7 Å². The van der Waals surface area contributed by atoms with Crippen molar-refractivity contribution in [2.24, 2.45) is 23.7 Å². The van der Waals surface area contributed by atoms with Crippen molar-refractivity contribution in [3.8, 4) is 11.3 Å². The summed E-state index contributed by atoms with van der Waals surface area (Å²) in [7, 11) is 0. The lowest BCUT2D eigenvalue weighted by Crippen LogP contribution is -2.36. The first kappa shape index (κ1) is 17.5. The first-order valence-electron chi connectivity index (χ1n) is 8.07. The molecule has 0 radical (unpaired) electrons. The third-order valence-electron chi connectivity index (χ3n) is 4.99. The van der Waals surface area contributed by atoms with E-state index in [0.717, 1.165) is 12.0 Å². The number of halogens is 2. The molecule has 1 aromatic carbocycles. The summed E-state index contributed by atoms with van der Waals surface area (Å²) in [6.45, 7) is 0. The second-order valence-electron chi connectivity index (χ2n) is 6.49. The van der Waals surface area contributed by atoms with E-state index in [1.807, 2.05) is 12.2 Å². The smallest absolute Gasteiger partial charge is 0.307 e. The molecule has 0 saturated heterocycles. The van der Waals surface area contributed by atoms with Crippen molar-refractivity contribution >= 4 is 51.5 Å². The van der Waals surface area contributed by atoms with Gasteiger partial charge in [-0.2, -0.15) is 0 Å². The molecule has 1 fully saturated rings. The number of nitrogens with zero attached hydrogens (tertiary/aromatic N) is 1. The average Bonchev–Trinajstić information content (AvgIpc) is 3.29. The van der Waals surface area contributed by atoms with Gasteiger partial charge in [0.2, 0.25) is 5.91 Å². The van der Waals surface area contributed by atoms with Gasteiger partial charge in [-0.3, -0.25) is 9.59 Å². The quantitative estimate of drug-likeness (QED) is 0.725. The Balaban J connectivity index is 1.53. The molecule has 2 bridgehead atoms. The number of carbonyl (C=O) groups is 2. The van der Waals surface area contributed by atoms with Crippen LogP contribution in [-0.2, 0) is 9.59 Å². The molecular formula is C18H14Cl2N2O3S. The number of hydrogen-bond donors (Lipinski definition) is 2. The van der Waals surface area contributed by atoms with Crippen LogP contribution in [0.3, 0.4) is 0 Å². The lowest BCUT2D eigenvalue weighted by Gasteiger charge is -2.23. The van der Waals surface area contributed by atoms with E-state index in [1.165, 1.54) is 11.3 Å². The lowest BCUT2D eigenvalue weighted by molar-refractivity contribution is -0.146. The van der Waals surface area contributed by atoms with Gasteiger partial charge in [0.1, 0.15) is 0 Å². The Labute approximate surface area is 163 Å². The number of carboxylic acid groups (broad SMARTS) is 1. The highest BCUT2D eigenvalue weighted by Crippen LogP contribution is 2.48. The molecule has 1 amide bonds. The van der Waals surface area contributed by atoms with Crippen molar-refractivity contribution < 1.29 is 14.7 Å². The fraction of sp³-hybridized carbons (Fsp3) is 0.278. The van der Waals surface area contributed by atoms with Crippen LogP contribution < -0.4 is 5.32 Å². The Morgan fingerprint density at radius 2 is 1.92 bits per heavy atom. The fourth-order valence-electron chi connectivity index (χ4n) is 3.86. The molecule has 2 N–H and O–H groups in total. The SMILES string of the molecule is O=C(O)[C@H]1[C@H](C(=O)Nc2nc(-c3ccc(Cl)cc3Cl)cs2)[C@H]2C=C[C@@H]1C2. The van der Waals surface area contributed by atoms with E-state index in [2.05, 4.69) is 10.3 Å². The highest BCUT2D eigenvalue weighted by molar-refractivity contribution is 7.14. The van der Waals surface area contributed by atoms with E-state index >= 15 is 0 Å². The monoisotopic (exact) mass is 408 g/mol. The number of nitrogens with one attached hydrogen (secondary N) is 1. The van der Waals surface area contributed by atoms with Gasteiger partial charge in [-0.25, -0.2) is 4.98 Å². The number of carboxylic acids is 1. The number of aliphatic carboxylic acids is 1. The minimum Gasteiger partial charge on any atom is -0.481 e. The van der Waals surface area contributed by atoms with Crippen molar-refractivity contribution in [2.75, 3.05) is 5.32 Å². The Morgan fingerprint density at radius 3 is 2.62 bits per heavy atom. The summed E-state index contributed by atoms with van der Waals surface area (Å²) in [6.07, 6.45) is 4.59. The zero-order valence-electron chi connectivity index (χ0n) is 13.4. The van der Waals surface area contributed by atoms with Crippen molar-refractivity contribution in [3.05, 3.63) is 45.8 Å². The average molecular weight is 409 g/mol. The number of fused-ring (bicyclic) bond motifs is 2. The Morgan fingerprint density at radius 1 is 1.19 bits per heavy atom. The van der Waals surface area contributed by atoms with Gasteiger partial charge in [0.25, 0.3) is 0 Å². The number of rotatable bonds is 4. The Bertz CT molecular complexity index is 927. The number of benzene rings is 1. The van der Waals surface area contributed by atoms with Gasteiger partial charge in [0.05, 0.1) is 22.6 Å². The van der Waals surface area contributed by atoms with Crippen LogP contribution in [0.4, 0.5) is 5.13 Å². The number of amides is 1. The highest BCUT2D eigenvalue weighted by atomic mass is 35.5. The maximum absolute atomic E-state index is 12.7. The molecule has 0 spiro atoms. The van der Waals surface area contributed by atoms with Gasteiger partial charge in [-0.15, -0.1) is 11.3 Å². The van der Waals surface area contributed by atoms with Crippen molar-refractivity contribution in [2.45, 2.75) is 6.42 Å². The number of carbonyl (C=O) groups excluding carboxylic acids is 1. The molecule has 1 aromatic heterocycles. The molecule has 1 saturated carbocycles. The summed E-state index contributed by atoms with van der Waals surface area (Å²) < 4.78 is 0. The molecule has 2 aliphatic carbocycles. The van der Waals surface area contributed by atoms with Crippen molar-refractivity contribution in [3.63, 3.8) is 0 Å². The van der Waals surface area contributed by atoms with E-state index < -0.39 is 17.8 Å². The third-order valence-corrected chi connectivity index (χ3v) is 6.29. The van der Waals surface area contributed by atoms with Crippen LogP contribution in [-0.4, -0.2) is 22.0 Å². The lowest BCUT2D eigenvalue weighted by atomic mass is 9.82. The molecule has 4 atom stereocenters. The molecule has 8 heteroatoms. The summed E-state index contributed by atoms with van der Waals surface area (Å²) in [5.41, 5.74) is 1.36. The summed E-state index contributed by atoms with van der Waals surface area (Å²) >= 11 is 13.4. The molecule has 26 heavy (non-hydrogen) atoms. The number of hydrogen-bond acceptors (Lipinski definition) is 4. The van der Waals surface area contributed by atoms with E-state index in [9.17, 15) is 14.7 Å². The fourth-order valence-corrected chi connectivity index (χ4v) is 5.08. The Kier molecular flexibility index (Phi) is 4.50. The Hall–Kier alpha value is -1.89. The first-order chi connectivity index (χ1) is 12.4. The normalized spacial score (nSPS) is 26.2. The van der Waals surface area contributed by atoms with Crippen molar-refractivity contribution in [1.82, 2.24) is 4.98 Å². The largest absolute Gasteiger partial charge is 0.481 e. The van der Waals surface area contributed by atoms with Gasteiger partial charge in [-0.05, 0) is 36.5 Å². The van der Waals surface area contributed by atoms with Crippen LogP contribution in [0.15, 0.2) is 35.7 Å². The molecule has 1 heterocycles. The summed E-state index contributed by atoms with van der Waals surface area (Å²) in [6, 6.07) is 5.13. The number of allylic oxidation sites excluding steroid dienone is 2. The number of thiazole rings is 1. The molecule has 134 valence electrons. The van der Waals surface area contributed by atoms with Crippen LogP contribution in [0.2, 0.25) is 10.0 Å². The zero-order chi connectivity index (χ0) is 18.4. The van der Waals surface area contributed by atoms with Crippen LogP contribution in [0.25, 0.3) is 11.3 Å². The van der Waals surface area contributed by atoms with Crippen LogP contribution >= 0.6 is 34.5 Å². The maximum atomic E-state index is 12.7. The summed E-state index contributed by atoms with van der Waals surface area (Å²) in [4.78, 5) is 28.7. The predicted molar refractivity (Wildman–Crippen MR) is 102 cm³/mol. The first-order valence-corrected chi connectivity index (χ1v) is 9.70. The van der Waals surface area contributed by atoms with Gasteiger partial charge in [0.15, 0.2) is 5.13 Å². The minimum atomic E-state index is -0.922. The predicted octanol–water partition coefficient (Wildman–Crippen LogP) is 4.58. The molecular weight excluding hydrogens is 395 g/mol. The molecule has 5 nitrogen and oxygen atoms in total. The van der Waals surface area contributed by atoms with E-state index in [0.29, 0.717) is 20.9 Å². The van der Waals surface area contributed by atoms with Crippen LogP contribution in [0.5, 0.6) is 0 Å². The third kappa shape index (κ3) is 3.02. The minimum absolute atomic E-state index is 0.0220. The van der Waals surface area contributed by atoms with Gasteiger partial charge >= 0.3 is 5.97 Å². The maximum Gasteiger partial charge on any atom is 0.307 e. The summed E-state index contributed by atoms with van der Waals surface area (Å²) in [5, 5.41) is 15.5. The molecule has 2 aromatic rings. The zero-order valence-corrected chi connectivity index (χ0v) is 15.7. The topological polar surface area (TPSA) is 79.3 Å². The molecule has 0 unspecified atom stereocenters.